The molecule has 3 rings (SSSR count). The molecule has 26 heavy (non-hydrogen) atoms. The van der Waals surface area contributed by atoms with Gasteiger partial charge >= 0.3 is 0 Å². The first-order chi connectivity index (χ1) is 12.7. The number of nitrogens with one attached hydrogen (secondary N) is 1. The third-order valence-electron chi connectivity index (χ3n) is 4.88. The van der Waals surface area contributed by atoms with E-state index in [2.05, 4.69) is 20.1 Å². The number of aliphatic imine (C=N–C) groups is 1. The third-order valence-corrected chi connectivity index (χ3v) is 5.90. The van der Waals surface area contributed by atoms with Gasteiger partial charge in [-0.2, -0.15) is 0 Å². The molecule has 2 aliphatic heterocycles. The van der Waals surface area contributed by atoms with Gasteiger partial charge in [0, 0.05) is 57.0 Å². The summed E-state index contributed by atoms with van der Waals surface area (Å²) in [6, 6.07) is 6.66. The van der Waals surface area contributed by atoms with Gasteiger partial charge in [0.05, 0.1) is 13.2 Å². The summed E-state index contributed by atoms with van der Waals surface area (Å²) in [7, 11) is 1.85. The second kappa shape index (κ2) is 10.1. The van der Waals surface area contributed by atoms with Crippen LogP contribution in [0.2, 0.25) is 0 Å². The number of rotatable bonds is 6. The summed E-state index contributed by atoms with van der Waals surface area (Å²) in [5.41, 5.74) is 0. The maximum Gasteiger partial charge on any atom is 0.193 e. The molecule has 1 aromatic rings. The Morgan fingerprint density at radius 1 is 1.27 bits per heavy atom. The maximum atomic E-state index is 12.9. The van der Waals surface area contributed by atoms with Gasteiger partial charge in [0.2, 0.25) is 0 Å². The summed E-state index contributed by atoms with van der Waals surface area (Å²) in [5.74, 6) is 2.44. The van der Waals surface area contributed by atoms with Gasteiger partial charge in [-0.05, 0) is 36.6 Å². The molecule has 144 valence electrons. The molecule has 0 spiro atoms. The molecule has 1 aromatic carbocycles. The number of likely N-dealkylation sites (tertiary alicyclic amines) is 1. The van der Waals surface area contributed by atoms with E-state index in [0.717, 1.165) is 69.1 Å². The van der Waals surface area contributed by atoms with Crippen molar-refractivity contribution in [1.82, 2.24) is 15.1 Å². The lowest BCUT2D eigenvalue weighted by molar-refractivity contribution is 0.0315. The van der Waals surface area contributed by atoms with Crippen LogP contribution in [0.3, 0.4) is 0 Å². The zero-order valence-electron chi connectivity index (χ0n) is 15.5. The van der Waals surface area contributed by atoms with Crippen molar-refractivity contribution in [3.8, 4) is 0 Å². The summed E-state index contributed by atoms with van der Waals surface area (Å²) < 4.78 is 18.4. The van der Waals surface area contributed by atoms with Crippen LogP contribution in [0.25, 0.3) is 0 Å². The van der Waals surface area contributed by atoms with Crippen LogP contribution < -0.4 is 5.32 Å². The molecular weight excluding hydrogens is 351 g/mol. The standard InChI is InChI=1S/C19H29FN4OS/c1-21-19(22-7-13-26-18-4-2-17(20)3-5-18)24-8-6-16(15-24)14-23-9-11-25-12-10-23/h2-5,16H,6-15H2,1H3,(H,21,22). The molecule has 5 nitrogen and oxygen atoms in total. The minimum atomic E-state index is -0.187. The van der Waals surface area contributed by atoms with Crippen LogP contribution >= 0.6 is 11.8 Å². The number of guanidine groups is 1. The molecule has 0 saturated carbocycles. The molecule has 2 aliphatic rings. The number of benzene rings is 1. The number of ether oxygens (including phenoxy) is 1. The molecule has 2 heterocycles. The Balaban J connectivity index is 1.36. The lowest BCUT2D eigenvalue weighted by atomic mass is 10.1. The molecule has 1 atom stereocenters. The molecular formula is C19H29FN4OS. The second-order valence-electron chi connectivity index (χ2n) is 6.79. The van der Waals surface area contributed by atoms with E-state index in [1.807, 2.05) is 19.2 Å². The molecule has 2 saturated heterocycles. The van der Waals surface area contributed by atoms with Crippen LogP contribution in [-0.2, 0) is 4.74 Å². The highest BCUT2D eigenvalue weighted by molar-refractivity contribution is 7.99. The van der Waals surface area contributed by atoms with Crippen LogP contribution in [0.4, 0.5) is 4.39 Å². The van der Waals surface area contributed by atoms with Crippen molar-refractivity contribution in [2.24, 2.45) is 10.9 Å². The smallest absolute Gasteiger partial charge is 0.193 e. The minimum absolute atomic E-state index is 0.187. The fourth-order valence-electron chi connectivity index (χ4n) is 3.52. The lowest BCUT2D eigenvalue weighted by Crippen LogP contribution is -2.42. The first kappa shape index (κ1) is 19.5. The lowest BCUT2D eigenvalue weighted by Gasteiger charge is -2.29. The molecule has 0 aliphatic carbocycles. The molecule has 0 radical (unpaired) electrons. The van der Waals surface area contributed by atoms with Gasteiger partial charge < -0.3 is 15.0 Å². The summed E-state index contributed by atoms with van der Waals surface area (Å²) in [6.45, 7) is 8.00. The van der Waals surface area contributed by atoms with Crippen molar-refractivity contribution in [3.63, 3.8) is 0 Å². The Morgan fingerprint density at radius 2 is 2.04 bits per heavy atom. The van der Waals surface area contributed by atoms with Crippen molar-refractivity contribution in [3.05, 3.63) is 30.1 Å². The van der Waals surface area contributed by atoms with Crippen LogP contribution in [-0.4, -0.2) is 81.0 Å². The van der Waals surface area contributed by atoms with E-state index in [4.69, 9.17) is 4.74 Å². The first-order valence-electron chi connectivity index (χ1n) is 9.38. The summed E-state index contributed by atoms with van der Waals surface area (Å²) in [6.07, 6.45) is 1.22. The number of nitrogens with zero attached hydrogens (tertiary/aromatic N) is 3. The van der Waals surface area contributed by atoms with Crippen LogP contribution in [0.1, 0.15) is 6.42 Å². The average Bonchev–Trinajstić information content (AvgIpc) is 3.12. The van der Waals surface area contributed by atoms with E-state index >= 15 is 0 Å². The summed E-state index contributed by atoms with van der Waals surface area (Å²) in [5, 5.41) is 3.46. The summed E-state index contributed by atoms with van der Waals surface area (Å²) >= 11 is 1.73. The fraction of sp³-hybridized carbons (Fsp3) is 0.632. The van der Waals surface area contributed by atoms with Gasteiger partial charge in [0.15, 0.2) is 5.96 Å². The molecule has 0 amide bonds. The van der Waals surface area contributed by atoms with Crippen LogP contribution in [0.15, 0.2) is 34.2 Å². The second-order valence-corrected chi connectivity index (χ2v) is 7.96. The van der Waals surface area contributed by atoms with E-state index in [1.54, 1.807) is 11.8 Å². The maximum absolute atomic E-state index is 12.9. The normalized spacial score (nSPS) is 22.0. The number of hydrogen-bond donors (Lipinski definition) is 1. The average molecular weight is 381 g/mol. The van der Waals surface area contributed by atoms with Gasteiger partial charge in [-0.1, -0.05) is 0 Å². The van der Waals surface area contributed by atoms with Crippen molar-refractivity contribution < 1.29 is 9.13 Å². The molecule has 1 unspecified atom stereocenters. The topological polar surface area (TPSA) is 40.1 Å². The molecule has 0 aromatic heterocycles. The van der Waals surface area contributed by atoms with E-state index < -0.39 is 0 Å². The van der Waals surface area contributed by atoms with Crippen molar-refractivity contribution in [1.29, 1.82) is 0 Å². The van der Waals surface area contributed by atoms with Crippen LogP contribution in [0, 0.1) is 11.7 Å². The van der Waals surface area contributed by atoms with Crippen molar-refractivity contribution in [2.45, 2.75) is 11.3 Å². The van der Waals surface area contributed by atoms with Gasteiger partial charge in [0.25, 0.3) is 0 Å². The van der Waals surface area contributed by atoms with E-state index in [1.165, 1.54) is 18.6 Å². The van der Waals surface area contributed by atoms with Crippen LogP contribution in [0.5, 0.6) is 0 Å². The third kappa shape index (κ3) is 5.86. The Morgan fingerprint density at radius 3 is 2.77 bits per heavy atom. The monoisotopic (exact) mass is 380 g/mol. The zero-order chi connectivity index (χ0) is 18.2. The number of hydrogen-bond acceptors (Lipinski definition) is 4. The Bertz CT molecular complexity index is 577. The number of thioether (sulfide) groups is 1. The van der Waals surface area contributed by atoms with Gasteiger partial charge in [-0.15, -0.1) is 11.8 Å². The molecule has 1 N–H and O–H groups in total. The Kier molecular flexibility index (Phi) is 7.58. The molecule has 2 fully saturated rings. The zero-order valence-corrected chi connectivity index (χ0v) is 16.3. The Labute approximate surface area is 160 Å². The molecule has 0 bridgehead atoms. The van der Waals surface area contributed by atoms with E-state index in [-0.39, 0.29) is 5.82 Å². The van der Waals surface area contributed by atoms with Crippen molar-refractivity contribution in [2.75, 3.05) is 65.3 Å². The van der Waals surface area contributed by atoms with Gasteiger partial charge in [-0.25, -0.2) is 4.39 Å². The van der Waals surface area contributed by atoms with Gasteiger partial charge in [0.1, 0.15) is 5.82 Å². The van der Waals surface area contributed by atoms with E-state index in [9.17, 15) is 4.39 Å². The van der Waals surface area contributed by atoms with Gasteiger partial charge in [-0.3, -0.25) is 9.89 Å². The minimum Gasteiger partial charge on any atom is -0.379 e. The molecule has 7 heteroatoms. The fourth-order valence-corrected chi connectivity index (χ4v) is 4.29. The highest BCUT2D eigenvalue weighted by Crippen LogP contribution is 2.19. The number of morpholine rings is 1. The first-order valence-corrected chi connectivity index (χ1v) is 10.4. The predicted octanol–water partition coefficient (Wildman–Crippen LogP) is 2.15. The van der Waals surface area contributed by atoms with Crippen molar-refractivity contribution >= 4 is 17.7 Å². The predicted molar refractivity (Wildman–Crippen MR) is 105 cm³/mol. The SMILES string of the molecule is CN=C(NCCSc1ccc(F)cc1)N1CCC(CN2CCOCC2)C1. The largest absolute Gasteiger partial charge is 0.379 e. The quantitative estimate of drug-likeness (QED) is 0.354. The highest BCUT2D eigenvalue weighted by atomic mass is 32.2. The highest BCUT2D eigenvalue weighted by Gasteiger charge is 2.26. The summed E-state index contributed by atoms with van der Waals surface area (Å²) in [4.78, 5) is 10.4. The number of halogens is 1. The Hall–Kier alpha value is -1.31. The van der Waals surface area contributed by atoms with E-state index in [0.29, 0.717) is 5.92 Å².